The maximum atomic E-state index is 12.4. The lowest BCUT2D eigenvalue weighted by molar-refractivity contribution is -0.119. The highest BCUT2D eigenvalue weighted by atomic mass is 79.9. The van der Waals surface area contributed by atoms with Crippen LogP contribution in [0.2, 0.25) is 0 Å². The summed E-state index contributed by atoms with van der Waals surface area (Å²) >= 11 is 3.34. The van der Waals surface area contributed by atoms with Crippen LogP contribution in [0, 0.1) is 0 Å². The number of hydrogen-bond acceptors (Lipinski definition) is 2. The van der Waals surface area contributed by atoms with Gasteiger partial charge in [-0.1, -0.05) is 13.0 Å². The molecule has 0 aliphatic rings. The summed E-state index contributed by atoms with van der Waals surface area (Å²) in [5, 5.41) is 3.26. The van der Waals surface area contributed by atoms with E-state index in [4.69, 9.17) is 0 Å². The standard InChI is InChI=1S/C13H18BrF3N2/c1-4-18-9(2)10-5-6-12(11(14)7-10)19(3)8-13(15,16)17/h5-7,9,18H,4,8H2,1-3H3. The smallest absolute Gasteiger partial charge is 0.365 e. The van der Waals surface area contributed by atoms with Crippen LogP contribution in [0.1, 0.15) is 25.5 Å². The predicted molar refractivity (Wildman–Crippen MR) is 75.6 cm³/mol. The van der Waals surface area contributed by atoms with Gasteiger partial charge < -0.3 is 10.2 Å². The highest BCUT2D eigenvalue weighted by Gasteiger charge is 2.30. The van der Waals surface area contributed by atoms with E-state index in [9.17, 15) is 13.2 Å². The van der Waals surface area contributed by atoms with E-state index in [2.05, 4.69) is 21.2 Å². The third kappa shape index (κ3) is 5.03. The molecule has 0 heterocycles. The molecular weight excluding hydrogens is 321 g/mol. The van der Waals surface area contributed by atoms with E-state index in [1.165, 1.54) is 11.9 Å². The van der Waals surface area contributed by atoms with E-state index in [-0.39, 0.29) is 6.04 Å². The molecule has 6 heteroatoms. The fraction of sp³-hybridized carbons (Fsp3) is 0.538. The van der Waals surface area contributed by atoms with E-state index in [1.54, 1.807) is 6.07 Å². The zero-order valence-electron chi connectivity index (χ0n) is 11.2. The average molecular weight is 339 g/mol. The Morgan fingerprint density at radius 1 is 1.37 bits per heavy atom. The molecule has 2 nitrogen and oxygen atoms in total. The van der Waals surface area contributed by atoms with Gasteiger partial charge in [-0.25, -0.2) is 0 Å². The highest BCUT2D eigenvalue weighted by molar-refractivity contribution is 9.10. The second kappa shape index (κ2) is 6.61. The van der Waals surface area contributed by atoms with Crippen molar-refractivity contribution in [3.63, 3.8) is 0 Å². The molecule has 1 N–H and O–H groups in total. The Morgan fingerprint density at radius 3 is 2.47 bits per heavy atom. The van der Waals surface area contributed by atoms with E-state index in [1.807, 2.05) is 26.0 Å². The van der Waals surface area contributed by atoms with Crippen molar-refractivity contribution in [3.05, 3.63) is 28.2 Å². The van der Waals surface area contributed by atoms with Gasteiger partial charge in [0.2, 0.25) is 0 Å². The highest BCUT2D eigenvalue weighted by Crippen LogP contribution is 2.30. The van der Waals surface area contributed by atoms with Crippen LogP contribution in [0.15, 0.2) is 22.7 Å². The minimum Gasteiger partial charge on any atom is -0.365 e. The van der Waals surface area contributed by atoms with Crippen molar-refractivity contribution >= 4 is 21.6 Å². The Bertz CT molecular complexity index is 421. The normalized spacial score (nSPS) is 13.4. The quantitative estimate of drug-likeness (QED) is 0.868. The monoisotopic (exact) mass is 338 g/mol. The largest absolute Gasteiger partial charge is 0.405 e. The molecule has 1 rings (SSSR count). The fourth-order valence-electron chi connectivity index (χ4n) is 1.88. The maximum absolute atomic E-state index is 12.4. The van der Waals surface area contributed by atoms with Crippen molar-refractivity contribution in [2.75, 3.05) is 25.0 Å². The van der Waals surface area contributed by atoms with Crippen molar-refractivity contribution in [1.29, 1.82) is 0 Å². The van der Waals surface area contributed by atoms with Crippen molar-refractivity contribution in [2.24, 2.45) is 0 Å². The Balaban J connectivity index is 2.88. The molecule has 0 fully saturated rings. The first-order valence-electron chi connectivity index (χ1n) is 6.05. The van der Waals surface area contributed by atoms with Gasteiger partial charge in [0.1, 0.15) is 6.54 Å². The lowest BCUT2D eigenvalue weighted by Crippen LogP contribution is -2.31. The van der Waals surface area contributed by atoms with Crippen molar-refractivity contribution < 1.29 is 13.2 Å². The molecule has 0 amide bonds. The summed E-state index contributed by atoms with van der Waals surface area (Å²) in [4.78, 5) is 1.19. The lowest BCUT2D eigenvalue weighted by Gasteiger charge is -2.23. The number of alkyl halides is 3. The Morgan fingerprint density at radius 2 is 2.00 bits per heavy atom. The van der Waals surface area contributed by atoms with Crippen molar-refractivity contribution in [3.8, 4) is 0 Å². The summed E-state index contributed by atoms with van der Waals surface area (Å²) < 4.78 is 37.8. The van der Waals surface area contributed by atoms with Crippen LogP contribution in [0.5, 0.6) is 0 Å². The van der Waals surface area contributed by atoms with Gasteiger partial charge in [-0.05, 0) is 47.1 Å². The molecule has 1 aromatic carbocycles. The predicted octanol–water partition coefficient (Wildman–Crippen LogP) is 4.12. The summed E-state index contributed by atoms with van der Waals surface area (Å²) in [6, 6.07) is 5.58. The Hall–Kier alpha value is -0.750. The van der Waals surface area contributed by atoms with Crippen LogP contribution >= 0.6 is 15.9 Å². The summed E-state index contributed by atoms with van der Waals surface area (Å²) in [6.45, 7) is 3.91. The van der Waals surface area contributed by atoms with Gasteiger partial charge in [0.05, 0.1) is 5.69 Å². The number of nitrogens with one attached hydrogen (secondary N) is 1. The van der Waals surface area contributed by atoms with Gasteiger partial charge in [-0.2, -0.15) is 13.2 Å². The summed E-state index contributed by atoms with van der Waals surface area (Å²) in [7, 11) is 1.43. The molecule has 0 bridgehead atoms. The van der Waals surface area contributed by atoms with Gasteiger partial charge in [-0.3, -0.25) is 0 Å². The number of nitrogens with zero attached hydrogens (tertiary/aromatic N) is 1. The second-order valence-corrected chi connectivity index (χ2v) is 5.32. The minimum atomic E-state index is -4.20. The summed E-state index contributed by atoms with van der Waals surface area (Å²) in [5.41, 5.74) is 1.57. The molecule has 0 aliphatic heterocycles. The van der Waals surface area contributed by atoms with Crippen LogP contribution in [-0.4, -0.2) is 26.3 Å². The summed E-state index contributed by atoms with van der Waals surface area (Å²) in [6.07, 6.45) is -4.20. The van der Waals surface area contributed by atoms with E-state index >= 15 is 0 Å². The zero-order chi connectivity index (χ0) is 14.6. The number of benzene rings is 1. The lowest BCUT2D eigenvalue weighted by atomic mass is 10.1. The first kappa shape index (κ1) is 16.3. The second-order valence-electron chi connectivity index (χ2n) is 4.46. The van der Waals surface area contributed by atoms with Crippen LogP contribution in [-0.2, 0) is 0 Å². The van der Waals surface area contributed by atoms with Gasteiger partial charge in [0.25, 0.3) is 0 Å². The third-order valence-electron chi connectivity index (χ3n) is 2.81. The molecule has 19 heavy (non-hydrogen) atoms. The summed E-state index contributed by atoms with van der Waals surface area (Å²) in [5.74, 6) is 0. The van der Waals surface area contributed by atoms with Gasteiger partial charge in [0.15, 0.2) is 0 Å². The molecule has 0 aromatic heterocycles. The maximum Gasteiger partial charge on any atom is 0.405 e. The first-order chi connectivity index (χ1) is 8.74. The number of halogens is 4. The van der Waals surface area contributed by atoms with Crippen LogP contribution in [0.4, 0.5) is 18.9 Å². The van der Waals surface area contributed by atoms with Crippen LogP contribution in [0.25, 0.3) is 0 Å². The molecular formula is C13H18BrF3N2. The molecule has 1 atom stereocenters. The molecule has 0 saturated carbocycles. The van der Waals surface area contributed by atoms with Crippen LogP contribution < -0.4 is 10.2 Å². The van der Waals surface area contributed by atoms with Gasteiger partial charge >= 0.3 is 6.18 Å². The van der Waals surface area contributed by atoms with Crippen LogP contribution in [0.3, 0.4) is 0 Å². The van der Waals surface area contributed by atoms with Gasteiger partial charge in [-0.15, -0.1) is 0 Å². The zero-order valence-corrected chi connectivity index (χ0v) is 12.8. The average Bonchev–Trinajstić information content (AvgIpc) is 2.26. The van der Waals surface area contributed by atoms with Crippen molar-refractivity contribution in [1.82, 2.24) is 5.32 Å². The first-order valence-corrected chi connectivity index (χ1v) is 6.84. The molecule has 0 spiro atoms. The van der Waals surface area contributed by atoms with E-state index < -0.39 is 12.7 Å². The molecule has 1 aromatic rings. The number of hydrogen-bond donors (Lipinski definition) is 1. The van der Waals surface area contributed by atoms with E-state index in [0.717, 1.165) is 12.1 Å². The molecule has 0 aliphatic carbocycles. The molecule has 0 saturated heterocycles. The Kier molecular flexibility index (Phi) is 5.67. The molecule has 0 radical (unpaired) electrons. The SMILES string of the molecule is CCNC(C)c1ccc(N(C)CC(F)(F)F)c(Br)c1. The topological polar surface area (TPSA) is 15.3 Å². The van der Waals surface area contributed by atoms with Gasteiger partial charge in [0, 0.05) is 17.6 Å². The minimum absolute atomic E-state index is 0.170. The number of rotatable bonds is 5. The molecule has 108 valence electrons. The third-order valence-corrected chi connectivity index (χ3v) is 3.44. The Labute approximate surface area is 120 Å². The number of anilines is 1. The van der Waals surface area contributed by atoms with E-state index in [0.29, 0.717) is 10.2 Å². The van der Waals surface area contributed by atoms with Crippen molar-refractivity contribution in [2.45, 2.75) is 26.1 Å². The fourth-order valence-corrected chi connectivity index (χ4v) is 2.58. The molecule has 1 unspecified atom stereocenters.